The fourth-order valence-corrected chi connectivity index (χ4v) is 3.44. The highest BCUT2D eigenvalue weighted by Gasteiger charge is 2.21. The van der Waals surface area contributed by atoms with Crippen molar-refractivity contribution in [3.8, 4) is 5.75 Å². The molecule has 0 radical (unpaired) electrons. The smallest absolute Gasteiger partial charge is 0.321 e. The molecule has 1 aliphatic heterocycles. The Kier molecular flexibility index (Phi) is 6.35. The van der Waals surface area contributed by atoms with Crippen LogP contribution in [-0.2, 0) is 6.42 Å². The highest BCUT2D eigenvalue weighted by Crippen LogP contribution is 2.17. The van der Waals surface area contributed by atoms with Gasteiger partial charge >= 0.3 is 6.03 Å². The molecule has 0 saturated carbocycles. The topological polar surface area (TPSA) is 44.8 Å². The number of amides is 2. The zero-order valence-electron chi connectivity index (χ0n) is 16.5. The molecule has 0 atom stereocenters. The Morgan fingerprint density at radius 3 is 2.56 bits per heavy atom. The molecule has 0 aliphatic carbocycles. The molecule has 1 saturated heterocycles. The summed E-state index contributed by atoms with van der Waals surface area (Å²) < 4.78 is 5.29. The average molecular weight is 367 g/mol. The molecule has 0 aromatic heterocycles. The monoisotopic (exact) mass is 367 g/mol. The number of benzene rings is 2. The molecular formula is C22H29N3O2. The second-order valence-corrected chi connectivity index (χ2v) is 7.18. The summed E-state index contributed by atoms with van der Waals surface area (Å²) in [6, 6.07) is 14.3. The summed E-state index contributed by atoms with van der Waals surface area (Å²) in [5, 5.41) is 3.05. The zero-order valence-corrected chi connectivity index (χ0v) is 16.5. The van der Waals surface area contributed by atoms with Gasteiger partial charge in [-0.1, -0.05) is 29.8 Å². The summed E-state index contributed by atoms with van der Waals surface area (Å²) in [6.45, 7) is 8.42. The van der Waals surface area contributed by atoms with E-state index < -0.39 is 0 Å². The highest BCUT2D eigenvalue weighted by atomic mass is 16.5. The molecule has 2 aromatic carbocycles. The summed E-state index contributed by atoms with van der Waals surface area (Å²) in [7, 11) is 1.70. The number of anilines is 1. The van der Waals surface area contributed by atoms with E-state index in [2.05, 4.69) is 35.3 Å². The molecule has 0 bridgehead atoms. The van der Waals surface area contributed by atoms with E-state index in [-0.39, 0.29) is 6.03 Å². The fraction of sp³-hybridized carbons (Fsp3) is 0.409. The minimum absolute atomic E-state index is 0.00519. The zero-order chi connectivity index (χ0) is 19.2. The van der Waals surface area contributed by atoms with Gasteiger partial charge in [0.1, 0.15) is 5.75 Å². The van der Waals surface area contributed by atoms with Gasteiger partial charge in [-0.2, -0.15) is 0 Å². The van der Waals surface area contributed by atoms with Crippen LogP contribution in [0.5, 0.6) is 5.75 Å². The third kappa shape index (κ3) is 5.23. The van der Waals surface area contributed by atoms with Crippen molar-refractivity contribution in [1.29, 1.82) is 0 Å². The molecule has 0 spiro atoms. The summed E-state index contributed by atoms with van der Waals surface area (Å²) in [6.07, 6.45) is 0.992. The van der Waals surface area contributed by atoms with E-state index in [9.17, 15) is 4.79 Å². The van der Waals surface area contributed by atoms with E-state index in [1.54, 1.807) is 7.11 Å². The highest BCUT2D eigenvalue weighted by molar-refractivity contribution is 5.90. The lowest BCUT2D eigenvalue weighted by atomic mass is 10.1. The summed E-state index contributed by atoms with van der Waals surface area (Å²) in [4.78, 5) is 16.9. The number of carbonyl (C=O) groups is 1. The maximum Gasteiger partial charge on any atom is 0.321 e. The van der Waals surface area contributed by atoms with Crippen LogP contribution in [0.15, 0.2) is 42.5 Å². The Morgan fingerprint density at radius 1 is 1.07 bits per heavy atom. The molecule has 2 amide bonds. The second kappa shape index (κ2) is 8.91. The molecule has 1 N–H and O–H groups in total. The van der Waals surface area contributed by atoms with Crippen LogP contribution in [0, 0.1) is 13.8 Å². The Labute approximate surface area is 161 Å². The lowest BCUT2D eigenvalue weighted by Crippen LogP contribution is -2.50. The number of aryl methyl sites for hydroxylation is 2. The van der Waals surface area contributed by atoms with E-state index in [0.29, 0.717) is 0 Å². The molecule has 1 aliphatic rings. The van der Waals surface area contributed by atoms with Crippen LogP contribution < -0.4 is 10.1 Å². The van der Waals surface area contributed by atoms with Crippen molar-refractivity contribution < 1.29 is 9.53 Å². The number of piperazine rings is 1. The van der Waals surface area contributed by atoms with Crippen molar-refractivity contribution in [1.82, 2.24) is 9.80 Å². The molecule has 3 rings (SSSR count). The SMILES string of the molecule is COc1cccc(CCN2CCN(C(=O)Nc3ccc(C)cc3C)CC2)c1. The van der Waals surface area contributed by atoms with E-state index >= 15 is 0 Å². The molecule has 1 heterocycles. The number of hydrogen-bond donors (Lipinski definition) is 1. The normalized spacial score (nSPS) is 14.9. The first-order chi connectivity index (χ1) is 13.0. The Hall–Kier alpha value is -2.53. The van der Waals surface area contributed by atoms with Crippen LogP contribution in [0.25, 0.3) is 0 Å². The van der Waals surface area contributed by atoms with E-state index in [1.165, 1.54) is 11.1 Å². The van der Waals surface area contributed by atoms with Crippen LogP contribution in [0.3, 0.4) is 0 Å². The number of rotatable bonds is 5. The standard InChI is InChI=1S/C22H29N3O2/c1-17-7-8-21(18(2)15-17)23-22(26)25-13-11-24(12-14-25)10-9-19-5-4-6-20(16-19)27-3/h4-8,15-16H,9-14H2,1-3H3,(H,23,26). The lowest BCUT2D eigenvalue weighted by molar-refractivity contribution is 0.148. The molecule has 144 valence electrons. The van der Waals surface area contributed by atoms with Crippen molar-refractivity contribution in [2.45, 2.75) is 20.3 Å². The second-order valence-electron chi connectivity index (χ2n) is 7.18. The predicted octanol–water partition coefficient (Wildman–Crippen LogP) is 3.70. The van der Waals surface area contributed by atoms with Gasteiger partial charge in [0.05, 0.1) is 7.11 Å². The molecule has 1 fully saturated rings. The summed E-state index contributed by atoms with van der Waals surface area (Å²) >= 11 is 0. The van der Waals surface area contributed by atoms with Gasteiger partial charge in [-0.05, 0) is 49.6 Å². The summed E-state index contributed by atoms with van der Waals surface area (Å²) in [5.41, 5.74) is 4.48. The first-order valence-electron chi connectivity index (χ1n) is 9.53. The maximum atomic E-state index is 12.5. The van der Waals surface area contributed by atoms with Gasteiger partial charge in [-0.15, -0.1) is 0 Å². The third-order valence-electron chi connectivity index (χ3n) is 5.13. The number of ether oxygens (including phenoxy) is 1. The largest absolute Gasteiger partial charge is 0.497 e. The van der Waals surface area contributed by atoms with Crippen LogP contribution in [0.4, 0.5) is 10.5 Å². The molecule has 5 nitrogen and oxygen atoms in total. The first-order valence-corrected chi connectivity index (χ1v) is 9.53. The van der Waals surface area contributed by atoms with Crippen molar-refractivity contribution in [2.75, 3.05) is 45.2 Å². The minimum atomic E-state index is -0.00519. The quantitative estimate of drug-likeness (QED) is 0.876. The molecule has 27 heavy (non-hydrogen) atoms. The summed E-state index contributed by atoms with van der Waals surface area (Å²) in [5.74, 6) is 0.903. The van der Waals surface area contributed by atoms with Crippen LogP contribution in [0.2, 0.25) is 0 Å². The first kappa shape index (κ1) is 19.2. The van der Waals surface area contributed by atoms with Crippen molar-refractivity contribution in [3.63, 3.8) is 0 Å². The van der Waals surface area contributed by atoms with E-state index in [4.69, 9.17) is 4.74 Å². The maximum absolute atomic E-state index is 12.5. The fourth-order valence-electron chi connectivity index (χ4n) is 3.44. The van der Waals surface area contributed by atoms with Gasteiger partial charge < -0.3 is 15.0 Å². The average Bonchev–Trinajstić information content (AvgIpc) is 2.69. The lowest BCUT2D eigenvalue weighted by Gasteiger charge is -2.34. The minimum Gasteiger partial charge on any atom is -0.497 e. The van der Waals surface area contributed by atoms with Gasteiger partial charge in [0.15, 0.2) is 0 Å². The van der Waals surface area contributed by atoms with Crippen molar-refractivity contribution >= 4 is 11.7 Å². The van der Waals surface area contributed by atoms with E-state index in [1.807, 2.05) is 36.1 Å². The van der Waals surface area contributed by atoms with Crippen LogP contribution >= 0.6 is 0 Å². The van der Waals surface area contributed by atoms with Gasteiger partial charge in [0, 0.05) is 38.4 Å². The van der Waals surface area contributed by atoms with E-state index in [0.717, 1.165) is 56.1 Å². The van der Waals surface area contributed by atoms with Gasteiger partial charge in [-0.3, -0.25) is 4.90 Å². The molecular weight excluding hydrogens is 338 g/mol. The number of methoxy groups -OCH3 is 1. The molecule has 5 heteroatoms. The number of hydrogen-bond acceptors (Lipinski definition) is 3. The number of urea groups is 1. The molecule has 2 aromatic rings. The Morgan fingerprint density at radius 2 is 1.85 bits per heavy atom. The predicted molar refractivity (Wildman–Crippen MR) is 110 cm³/mol. The third-order valence-corrected chi connectivity index (χ3v) is 5.13. The van der Waals surface area contributed by atoms with Crippen LogP contribution in [-0.4, -0.2) is 55.7 Å². The van der Waals surface area contributed by atoms with Gasteiger partial charge in [0.2, 0.25) is 0 Å². The van der Waals surface area contributed by atoms with Gasteiger partial charge in [0.25, 0.3) is 0 Å². The van der Waals surface area contributed by atoms with Crippen molar-refractivity contribution in [3.05, 3.63) is 59.2 Å². The molecule has 0 unspecified atom stereocenters. The Balaban J connectivity index is 1.46. The number of nitrogens with one attached hydrogen (secondary N) is 1. The van der Waals surface area contributed by atoms with Crippen LogP contribution in [0.1, 0.15) is 16.7 Å². The van der Waals surface area contributed by atoms with Crippen molar-refractivity contribution in [2.24, 2.45) is 0 Å². The Bertz CT molecular complexity index is 783. The number of carbonyl (C=O) groups excluding carboxylic acids is 1. The number of nitrogens with zero attached hydrogens (tertiary/aromatic N) is 2. The van der Waals surface area contributed by atoms with Gasteiger partial charge in [-0.25, -0.2) is 4.79 Å².